The van der Waals surface area contributed by atoms with Crippen LogP contribution in [0.4, 0.5) is 24.9 Å². The van der Waals surface area contributed by atoms with Gasteiger partial charge < -0.3 is 20.0 Å². The van der Waals surface area contributed by atoms with Crippen molar-refractivity contribution in [1.82, 2.24) is 15.3 Å². The van der Waals surface area contributed by atoms with E-state index in [1.807, 2.05) is 43.3 Å². The van der Waals surface area contributed by atoms with Crippen LogP contribution in [0.3, 0.4) is 0 Å². The van der Waals surface area contributed by atoms with Crippen molar-refractivity contribution in [2.75, 3.05) is 30.9 Å². The number of anilines is 2. The summed E-state index contributed by atoms with van der Waals surface area (Å²) in [4.78, 5) is 24.2. The van der Waals surface area contributed by atoms with Gasteiger partial charge in [-0.1, -0.05) is 23.7 Å². The normalized spacial score (nSPS) is 17.6. The molecule has 210 valence electrons. The summed E-state index contributed by atoms with van der Waals surface area (Å²) in [6.07, 6.45) is -1.89. The van der Waals surface area contributed by atoms with Crippen LogP contribution in [-0.2, 0) is 6.18 Å². The maximum absolute atomic E-state index is 13.7. The minimum atomic E-state index is -4.81. The summed E-state index contributed by atoms with van der Waals surface area (Å²) in [6.45, 7) is 0.663. The first-order valence-corrected chi connectivity index (χ1v) is 13.4. The topological polar surface area (TPSA) is 83.3 Å². The number of amides is 1. The number of halogens is 4. The number of benzene rings is 2. The van der Waals surface area contributed by atoms with E-state index in [4.69, 9.17) is 16.0 Å². The maximum atomic E-state index is 13.7. The Morgan fingerprint density at radius 1 is 1.05 bits per heavy atom. The Bertz CT molecular complexity index is 1500. The average molecular weight is 572 g/mol. The Hall–Kier alpha value is -3.79. The first-order chi connectivity index (χ1) is 19.1. The third kappa shape index (κ3) is 6.17. The van der Waals surface area contributed by atoms with Gasteiger partial charge in [-0.15, -0.1) is 0 Å². The van der Waals surface area contributed by atoms with Crippen molar-refractivity contribution < 1.29 is 22.4 Å². The molecule has 0 unspecified atom stereocenters. The second-order valence-corrected chi connectivity index (χ2v) is 10.6. The van der Waals surface area contributed by atoms with Crippen LogP contribution in [0.5, 0.6) is 0 Å². The van der Waals surface area contributed by atoms with Crippen LogP contribution in [0.2, 0.25) is 5.02 Å². The minimum Gasteiger partial charge on any atom is -0.451 e. The standard InChI is InChI=1S/C29H29ClF3N5O2/c1-38(2)26-21-5-3-4-6-23(21)36-28(37-26)34-16-17-7-13-20(14-8-17)35-27(39)22-15-24(40-25(22)29(31,32)33)18-9-11-19(30)12-10-18/h3-6,9-12,15,17,20H,7-8,13-14,16H2,1-2H3,(H,35,39)(H,34,36,37). The number of aromatic nitrogens is 2. The highest BCUT2D eigenvalue weighted by Crippen LogP contribution is 2.38. The van der Waals surface area contributed by atoms with Gasteiger partial charge in [0.1, 0.15) is 11.6 Å². The summed E-state index contributed by atoms with van der Waals surface area (Å²) in [6, 6.07) is 14.9. The Balaban J connectivity index is 1.20. The molecule has 2 N–H and O–H groups in total. The fraction of sp³-hybridized carbons (Fsp3) is 0.345. The van der Waals surface area contributed by atoms with Crippen LogP contribution < -0.4 is 15.5 Å². The second kappa shape index (κ2) is 11.4. The van der Waals surface area contributed by atoms with Crippen molar-refractivity contribution in [1.29, 1.82) is 0 Å². The number of para-hydroxylation sites is 1. The summed E-state index contributed by atoms with van der Waals surface area (Å²) in [5.74, 6) is -0.441. The Kier molecular flexibility index (Phi) is 7.89. The number of nitrogens with one attached hydrogen (secondary N) is 2. The quantitative estimate of drug-likeness (QED) is 0.248. The molecule has 0 spiro atoms. The van der Waals surface area contributed by atoms with Gasteiger partial charge in [0.15, 0.2) is 0 Å². The third-order valence-electron chi connectivity index (χ3n) is 7.10. The van der Waals surface area contributed by atoms with Crippen LogP contribution in [0.25, 0.3) is 22.2 Å². The monoisotopic (exact) mass is 571 g/mol. The highest BCUT2D eigenvalue weighted by Gasteiger charge is 2.41. The van der Waals surface area contributed by atoms with E-state index < -0.39 is 23.4 Å². The van der Waals surface area contributed by atoms with E-state index in [0.29, 0.717) is 41.8 Å². The number of fused-ring (bicyclic) bond motifs is 1. The number of nitrogens with zero attached hydrogens (tertiary/aromatic N) is 3. The van der Waals surface area contributed by atoms with E-state index in [2.05, 4.69) is 20.6 Å². The zero-order valence-electron chi connectivity index (χ0n) is 22.1. The molecular formula is C29H29ClF3N5O2. The number of rotatable bonds is 7. The molecule has 0 radical (unpaired) electrons. The molecule has 0 aliphatic heterocycles. The lowest BCUT2D eigenvalue weighted by atomic mass is 9.86. The zero-order chi connectivity index (χ0) is 28.4. The molecule has 7 nitrogen and oxygen atoms in total. The molecule has 2 heterocycles. The summed E-state index contributed by atoms with van der Waals surface area (Å²) in [5, 5.41) is 7.55. The second-order valence-electron chi connectivity index (χ2n) is 10.2. The fourth-order valence-electron chi connectivity index (χ4n) is 5.02. The Morgan fingerprint density at radius 3 is 2.42 bits per heavy atom. The van der Waals surface area contributed by atoms with Crippen molar-refractivity contribution >= 4 is 40.2 Å². The Morgan fingerprint density at radius 2 is 1.75 bits per heavy atom. The molecule has 11 heteroatoms. The molecule has 40 heavy (non-hydrogen) atoms. The highest BCUT2D eigenvalue weighted by atomic mass is 35.5. The van der Waals surface area contributed by atoms with Crippen LogP contribution >= 0.6 is 11.6 Å². The molecule has 1 aliphatic carbocycles. The number of furan rings is 1. The summed E-state index contributed by atoms with van der Waals surface area (Å²) in [7, 11) is 3.88. The molecule has 1 amide bonds. The van der Waals surface area contributed by atoms with E-state index in [0.717, 1.165) is 35.6 Å². The van der Waals surface area contributed by atoms with Gasteiger partial charge in [-0.3, -0.25) is 4.79 Å². The largest absolute Gasteiger partial charge is 0.451 e. The van der Waals surface area contributed by atoms with Crippen LogP contribution in [0.15, 0.2) is 59.0 Å². The van der Waals surface area contributed by atoms with Crippen LogP contribution in [0, 0.1) is 5.92 Å². The first kappa shape index (κ1) is 27.8. The predicted octanol–water partition coefficient (Wildman–Crippen LogP) is 7.03. The lowest BCUT2D eigenvalue weighted by molar-refractivity contribution is -0.153. The van der Waals surface area contributed by atoms with Crippen LogP contribution in [0.1, 0.15) is 41.8 Å². The van der Waals surface area contributed by atoms with Crippen molar-refractivity contribution in [3.05, 3.63) is 70.9 Å². The highest BCUT2D eigenvalue weighted by molar-refractivity contribution is 6.30. The smallest absolute Gasteiger partial charge is 0.450 e. The van der Waals surface area contributed by atoms with Gasteiger partial charge in [-0.25, -0.2) is 4.98 Å². The molecule has 0 saturated heterocycles. The lowest BCUT2D eigenvalue weighted by Gasteiger charge is -2.29. The van der Waals surface area contributed by atoms with Gasteiger partial charge in [-0.05, 0) is 74.1 Å². The minimum absolute atomic E-state index is 0.0442. The van der Waals surface area contributed by atoms with Gasteiger partial charge in [-0.2, -0.15) is 18.2 Å². The maximum Gasteiger partial charge on any atom is 0.450 e. The molecule has 1 fully saturated rings. The molecule has 4 aromatic rings. The molecule has 5 rings (SSSR count). The molecule has 1 aliphatic rings. The van der Waals surface area contributed by atoms with E-state index in [1.54, 1.807) is 24.3 Å². The van der Waals surface area contributed by atoms with E-state index in [-0.39, 0.29) is 11.8 Å². The summed E-state index contributed by atoms with van der Waals surface area (Å²) in [5.41, 5.74) is 0.730. The number of carbonyl (C=O) groups is 1. The van der Waals surface area contributed by atoms with Gasteiger partial charge in [0.25, 0.3) is 5.91 Å². The Labute approximate surface area is 234 Å². The van der Waals surface area contributed by atoms with Crippen molar-refractivity contribution in [2.24, 2.45) is 5.92 Å². The lowest BCUT2D eigenvalue weighted by Crippen LogP contribution is -2.39. The van der Waals surface area contributed by atoms with Gasteiger partial charge in [0, 0.05) is 42.7 Å². The van der Waals surface area contributed by atoms with Gasteiger partial charge >= 0.3 is 6.18 Å². The van der Waals surface area contributed by atoms with E-state index in [1.165, 1.54) is 0 Å². The molecule has 0 bridgehead atoms. The molecule has 0 atom stereocenters. The first-order valence-electron chi connectivity index (χ1n) is 13.0. The van der Waals surface area contributed by atoms with E-state index >= 15 is 0 Å². The molecular weight excluding hydrogens is 543 g/mol. The van der Waals surface area contributed by atoms with Crippen LogP contribution in [-0.4, -0.2) is 42.6 Å². The van der Waals surface area contributed by atoms with Crippen molar-refractivity contribution in [3.8, 4) is 11.3 Å². The average Bonchev–Trinajstić information content (AvgIpc) is 3.39. The summed E-state index contributed by atoms with van der Waals surface area (Å²) >= 11 is 5.88. The number of alkyl halides is 3. The SMILES string of the molecule is CN(C)c1nc(NCC2CCC(NC(=O)c3cc(-c4ccc(Cl)cc4)oc3C(F)(F)F)CC2)nc2ccccc12. The van der Waals surface area contributed by atoms with E-state index in [9.17, 15) is 18.0 Å². The fourth-order valence-corrected chi connectivity index (χ4v) is 5.14. The number of carbonyl (C=O) groups excluding carboxylic acids is 1. The molecule has 2 aromatic heterocycles. The zero-order valence-corrected chi connectivity index (χ0v) is 22.8. The summed E-state index contributed by atoms with van der Waals surface area (Å²) < 4.78 is 46.2. The van der Waals surface area contributed by atoms with Gasteiger partial charge in [0.05, 0.1) is 11.1 Å². The molecule has 2 aromatic carbocycles. The molecule has 1 saturated carbocycles. The van der Waals surface area contributed by atoms with Gasteiger partial charge in [0.2, 0.25) is 11.7 Å². The predicted molar refractivity (Wildman–Crippen MR) is 150 cm³/mol. The van der Waals surface area contributed by atoms with Crippen molar-refractivity contribution in [3.63, 3.8) is 0 Å². The van der Waals surface area contributed by atoms with Crippen molar-refractivity contribution in [2.45, 2.75) is 37.9 Å². The number of hydrogen-bond acceptors (Lipinski definition) is 6. The number of hydrogen-bond donors (Lipinski definition) is 2. The third-order valence-corrected chi connectivity index (χ3v) is 7.35.